The quantitative estimate of drug-likeness (QED) is 0.304. The number of imide groups is 2. The standard InChI is InChI=1S/C26H28ClN3O8/c1-4-9-37-19-8-7-16(13-20(19)35-5-2)30-25(33)17(24(32)29-26(30)34)10-15-11-18(27)23(38-14-22(28)31)21(12-15)36-6-3/h7-8,10-13H,4-6,9,14H2,1-3H3,(H2,28,31)(H,29,32,34)/b17-10+. The van der Waals surface area contributed by atoms with E-state index in [4.69, 9.17) is 36.3 Å². The number of anilines is 1. The van der Waals surface area contributed by atoms with Crippen molar-refractivity contribution in [2.24, 2.45) is 5.73 Å². The Balaban J connectivity index is 2.00. The summed E-state index contributed by atoms with van der Waals surface area (Å²) in [6, 6.07) is 6.59. The van der Waals surface area contributed by atoms with Crippen molar-refractivity contribution in [3.8, 4) is 23.0 Å². The number of barbiturate groups is 1. The van der Waals surface area contributed by atoms with Crippen molar-refractivity contribution in [2.75, 3.05) is 31.3 Å². The molecule has 0 saturated carbocycles. The van der Waals surface area contributed by atoms with E-state index in [2.05, 4.69) is 5.32 Å². The molecular weight excluding hydrogens is 518 g/mol. The third-order valence-corrected chi connectivity index (χ3v) is 5.33. The van der Waals surface area contributed by atoms with Crippen molar-refractivity contribution in [1.29, 1.82) is 0 Å². The van der Waals surface area contributed by atoms with Crippen molar-refractivity contribution in [2.45, 2.75) is 27.2 Å². The molecule has 0 radical (unpaired) electrons. The van der Waals surface area contributed by atoms with Gasteiger partial charge in [-0.05, 0) is 56.2 Å². The number of nitrogens with zero attached hydrogens (tertiary/aromatic N) is 1. The number of rotatable bonds is 12. The van der Waals surface area contributed by atoms with Crippen LogP contribution < -0.4 is 34.9 Å². The summed E-state index contributed by atoms with van der Waals surface area (Å²) >= 11 is 6.33. The Bertz CT molecular complexity index is 1280. The Morgan fingerprint density at radius 2 is 1.68 bits per heavy atom. The second kappa shape index (κ2) is 12.8. The van der Waals surface area contributed by atoms with E-state index in [1.165, 1.54) is 30.3 Å². The Morgan fingerprint density at radius 3 is 2.34 bits per heavy atom. The molecule has 1 aliphatic rings. The van der Waals surface area contributed by atoms with Crippen molar-refractivity contribution in [3.63, 3.8) is 0 Å². The molecule has 1 aliphatic heterocycles. The van der Waals surface area contributed by atoms with Gasteiger partial charge in [-0.15, -0.1) is 0 Å². The van der Waals surface area contributed by atoms with Gasteiger partial charge in [-0.2, -0.15) is 0 Å². The van der Waals surface area contributed by atoms with Gasteiger partial charge in [0.25, 0.3) is 17.7 Å². The van der Waals surface area contributed by atoms with Gasteiger partial charge in [0, 0.05) is 6.07 Å². The topological polar surface area (TPSA) is 146 Å². The molecule has 0 aromatic heterocycles. The maximum atomic E-state index is 13.4. The summed E-state index contributed by atoms with van der Waals surface area (Å²) in [6.45, 7) is 6.09. The Morgan fingerprint density at radius 1 is 0.974 bits per heavy atom. The van der Waals surface area contributed by atoms with Gasteiger partial charge >= 0.3 is 6.03 Å². The van der Waals surface area contributed by atoms with Gasteiger partial charge < -0.3 is 24.7 Å². The maximum Gasteiger partial charge on any atom is 0.335 e. The van der Waals surface area contributed by atoms with Crippen LogP contribution >= 0.6 is 11.6 Å². The number of carbonyl (C=O) groups is 4. The number of nitrogens with one attached hydrogen (secondary N) is 1. The number of amides is 5. The number of hydrogen-bond donors (Lipinski definition) is 2. The lowest BCUT2D eigenvalue weighted by Gasteiger charge is -2.27. The summed E-state index contributed by atoms with van der Waals surface area (Å²) in [5, 5.41) is 2.23. The van der Waals surface area contributed by atoms with Crippen LogP contribution in [-0.4, -0.2) is 50.2 Å². The largest absolute Gasteiger partial charge is 0.490 e. The molecule has 1 fully saturated rings. The third kappa shape index (κ3) is 6.54. The fraction of sp³-hybridized carbons (Fsp3) is 0.308. The van der Waals surface area contributed by atoms with Gasteiger partial charge in [0.1, 0.15) is 5.57 Å². The van der Waals surface area contributed by atoms with Crippen LogP contribution in [0.3, 0.4) is 0 Å². The number of nitrogens with two attached hydrogens (primary N) is 1. The van der Waals surface area contributed by atoms with E-state index < -0.39 is 30.4 Å². The van der Waals surface area contributed by atoms with Crippen molar-refractivity contribution in [1.82, 2.24) is 5.32 Å². The Labute approximate surface area is 224 Å². The molecular formula is C26H28ClN3O8. The van der Waals surface area contributed by atoms with Crippen LogP contribution in [0.2, 0.25) is 5.02 Å². The van der Waals surface area contributed by atoms with Crippen LogP contribution in [0.1, 0.15) is 32.8 Å². The molecule has 3 N–H and O–H groups in total. The summed E-state index contributed by atoms with van der Waals surface area (Å²) in [7, 11) is 0. The van der Waals surface area contributed by atoms with E-state index in [1.807, 2.05) is 6.92 Å². The van der Waals surface area contributed by atoms with Crippen LogP contribution in [0.25, 0.3) is 6.08 Å². The normalized spacial score (nSPS) is 14.4. The average Bonchev–Trinajstić information content (AvgIpc) is 2.85. The lowest BCUT2D eigenvalue weighted by molar-refractivity contribution is -0.123. The van der Waals surface area contributed by atoms with Gasteiger partial charge in [-0.25, -0.2) is 9.69 Å². The summed E-state index contributed by atoms with van der Waals surface area (Å²) in [5.74, 6) is -1.37. The number of ether oxygens (including phenoxy) is 4. The van der Waals surface area contributed by atoms with E-state index in [-0.39, 0.29) is 34.4 Å². The van der Waals surface area contributed by atoms with E-state index in [0.717, 1.165) is 11.3 Å². The van der Waals surface area contributed by atoms with Crippen molar-refractivity contribution < 1.29 is 38.1 Å². The summed E-state index contributed by atoms with van der Waals surface area (Å²) < 4.78 is 22.2. The molecule has 202 valence electrons. The molecule has 5 amide bonds. The second-order valence-electron chi connectivity index (χ2n) is 7.89. The van der Waals surface area contributed by atoms with Crippen LogP contribution in [0, 0.1) is 0 Å². The SMILES string of the molecule is CCCOc1ccc(N2C(=O)NC(=O)/C(=C\c3cc(Cl)c(OCC(N)=O)c(OCC)c3)C2=O)cc1OCC. The summed E-state index contributed by atoms with van der Waals surface area (Å²) in [4.78, 5) is 50.7. The van der Waals surface area contributed by atoms with Crippen LogP contribution in [0.15, 0.2) is 35.9 Å². The van der Waals surface area contributed by atoms with Gasteiger partial charge in [-0.1, -0.05) is 18.5 Å². The second-order valence-corrected chi connectivity index (χ2v) is 8.30. The first-order chi connectivity index (χ1) is 18.2. The predicted octanol–water partition coefficient (Wildman–Crippen LogP) is 3.46. The lowest BCUT2D eigenvalue weighted by atomic mass is 10.1. The highest BCUT2D eigenvalue weighted by molar-refractivity contribution is 6.39. The highest BCUT2D eigenvalue weighted by Crippen LogP contribution is 2.38. The van der Waals surface area contributed by atoms with Crippen molar-refractivity contribution >= 4 is 47.1 Å². The van der Waals surface area contributed by atoms with Crippen LogP contribution in [0.5, 0.6) is 23.0 Å². The third-order valence-electron chi connectivity index (χ3n) is 5.05. The molecule has 2 aromatic rings. The zero-order valence-corrected chi connectivity index (χ0v) is 21.9. The molecule has 1 saturated heterocycles. The van der Waals surface area contributed by atoms with Crippen LogP contribution in [-0.2, 0) is 14.4 Å². The molecule has 12 heteroatoms. The molecule has 0 atom stereocenters. The number of halogens is 1. The van der Waals surface area contributed by atoms with Crippen molar-refractivity contribution in [3.05, 3.63) is 46.5 Å². The molecule has 1 heterocycles. The zero-order chi connectivity index (χ0) is 27.8. The van der Waals surface area contributed by atoms with E-state index >= 15 is 0 Å². The van der Waals surface area contributed by atoms with E-state index in [1.54, 1.807) is 19.9 Å². The van der Waals surface area contributed by atoms with Gasteiger partial charge in [0.15, 0.2) is 29.6 Å². The fourth-order valence-electron chi connectivity index (χ4n) is 3.51. The Hall–Kier alpha value is -4.25. The van der Waals surface area contributed by atoms with Gasteiger partial charge in [0.2, 0.25) is 0 Å². The Kier molecular flexibility index (Phi) is 9.55. The minimum atomic E-state index is -0.912. The van der Waals surface area contributed by atoms with Gasteiger partial charge in [0.05, 0.1) is 30.5 Å². The smallest absolute Gasteiger partial charge is 0.335 e. The number of benzene rings is 2. The highest BCUT2D eigenvalue weighted by Gasteiger charge is 2.37. The maximum absolute atomic E-state index is 13.4. The summed E-state index contributed by atoms with van der Waals surface area (Å²) in [5.41, 5.74) is 5.32. The summed E-state index contributed by atoms with van der Waals surface area (Å²) in [6.07, 6.45) is 2.05. The number of hydrogen-bond acceptors (Lipinski definition) is 8. The first kappa shape index (κ1) is 28.3. The zero-order valence-electron chi connectivity index (χ0n) is 21.2. The fourth-order valence-corrected chi connectivity index (χ4v) is 3.79. The first-order valence-corrected chi connectivity index (χ1v) is 12.3. The monoisotopic (exact) mass is 545 g/mol. The van der Waals surface area contributed by atoms with E-state index in [0.29, 0.717) is 30.3 Å². The molecule has 3 rings (SSSR count). The molecule has 0 unspecified atom stereocenters. The molecule has 0 bridgehead atoms. The molecule has 2 aromatic carbocycles. The molecule has 11 nitrogen and oxygen atoms in total. The first-order valence-electron chi connectivity index (χ1n) is 11.9. The highest BCUT2D eigenvalue weighted by atomic mass is 35.5. The molecule has 0 aliphatic carbocycles. The minimum absolute atomic E-state index is 0.0599. The molecule has 0 spiro atoms. The minimum Gasteiger partial charge on any atom is -0.490 e. The number of urea groups is 1. The van der Waals surface area contributed by atoms with Crippen LogP contribution in [0.4, 0.5) is 10.5 Å². The predicted molar refractivity (Wildman–Crippen MR) is 140 cm³/mol. The van der Waals surface area contributed by atoms with Gasteiger partial charge in [-0.3, -0.25) is 19.7 Å². The van der Waals surface area contributed by atoms with E-state index in [9.17, 15) is 19.2 Å². The number of carbonyl (C=O) groups excluding carboxylic acids is 4. The molecule has 38 heavy (non-hydrogen) atoms. The average molecular weight is 546 g/mol. The lowest BCUT2D eigenvalue weighted by Crippen LogP contribution is -2.54. The number of primary amides is 1.